The van der Waals surface area contributed by atoms with Crippen molar-refractivity contribution >= 4 is 0 Å². The summed E-state index contributed by atoms with van der Waals surface area (Å²) in [4.78, 5) is 0. The van der Waals surface area contributed by atoms with E-state index in [1.54, 1.807) is 6.92 Å². The number of nitriles is 1. The van der Waals surface area contributed by atoms with Gasteiger partial charge in [0.15, 0.2) is 0 Å². The maximum absolute atomic E-state index is 9.93. The number of hydrogen-bond donors (Lipinski definition) is 1. The molecular formula is C16H15NO. The Labute approximate surface area is 107 Å². The van der Waals surface area contributed by atoms with E-state index < -0.39 is 12.0 Å². The van der Waals surface area contributed by atoms with E-state index in [0.717, 1.165) is 16.7 Å². The normalized spacial score (nSPS) is 13.6. The van der Waals surface area contributed by atoms with E-state index in [0.29, 0.717) is 0 Å². The van der Waals surface area contributed by atoms with Crippen LogP contribution in [0.5, 0.6) is 0 Å². The largest absolute Gasteiger partial charge is 0.387 e. The molecule has 0 saturated carbocycles. The fourth-order valence-corrected chi connectivity index (χ4v) is 1.86. The Bertz CT molecular complexity index is 540. The summed E-state index contributed by atoms with van der Waals surface area (Å²) in [6.45, 7) is 1.72. The Morgan fingerprint density at radius 3 is 2.06 bits per heavy atom. The van der Waals surface area contributed by atoms with Crippen LogP contribution in [0.1, 0.15) is 18.6 Å². The zero-order valence-corrected chi connectivity index (χ0v) is 10.2. The van der Waals surface area contributed by atoms with Crippen LogP contribution in [0.15, 0.2) is 54.6 Å². The molecule has 0 aliphatic heterocycles. The van der Waals surface area contributed by atoms with Gasteiger partial charge in [0.05, 0.1) is 18.1 Å². The Morgan fingerprint density at radius 1 is 0.944 bits per heavy atom. The lowest BCUT2D eigenvalue weighted by atomic mass is 9.96. The average Bonchev–Trinajstić information content (AvgIpc) is 2.47. The van der Waals surface area contributed by atoms with Gasteiger partial charge in [-0.2, -0.15) is 5.26 Å². The lowest BCUT2D eigenvalue weighted by molar-refractivity contribution is 0.143. The molecule has 2 heteroatoms. The minimum Gasteiger partial charge on any atom is -0.387 e. The monoisotopic (exact) mass is 237 g/mol. The first-order valence-corrected chi connectivity index (χ1v) is 5.95. The molecule has 0 radical (unpaired) electrons. The lowest BCUT2D eigenvalue weighted by Crippen LogP contribution is -2.06. The van der Waals surface area contributed by atoms with Crippen LogP contribution in [0.2, 0.25) is 0 Å². The van der Waals surface area contributed by atoms with Gasteiger partial charge in [0.2, 0.25) is 0 Å². The SMILES string of the molecule is CC(C#N)C(O)c1ccc(-c2ccccc2)cc1. The maximum atomic E-state index is 9.93. The summed E-state index contributed by atoms with van der Waals surface area (Å²) in [5, 5.41) is 18.7. The van der Waals surface area contributed by atoms with Crippen LogP contribution in [0.3, 0.4) is 0 Å². The number of aliphatic hydroxyl groups excluding tert-OH is 1. The molecule has 0 saturated heterocycles. The number of benzene rings is 2. The van der Waals surface area contributed by atoms with E-state index >= 15 is 0 Å². The first kappa shape index (κ1) is 12.3. The molecule has 2 aromatic rings. The minimum atomic E-state index is -0.722. The predicted octanol–water partition coefficient (Wildman–Crippen LogP) is 3.55. The molecule has 90 valence electrons. The third-order valence-electron chi connectivity index (χ3n) is 3.04. The standard InChI is InChI=1S/C16H15NO/c1-12(11-17)16(18)15-9-7-14(8-10-15)13-5-3-2-4-6-13/h2-10,12,16,18H,1H3. The summed E-state index contributed by atoms with van der Waals surface area (Å²) in [7, 11) is 0. The number of aliphatic hydroxyl groups is 1. The fourth-order valence-electron chi connectivity index (χ4n) is 1.86. The molecule has 2 rings (SSSR count). The van der Waals surface area contributed by atoms with Crippen molar-refractivity contribution in [2.24, 2.45) is 5.92 Å². The molecule has 2 atom stereocenters. The molecule has 1 N–H and O–H groups in total. The van der Waals surface area contributed by atoms with Crippen molar-refractivity contribution in [3.8, 4) is 17.2 Å². The van der Waals surface area contributed by atoms with Gasteiger partial charge in [-0.1, -0.05) is 54.6 Å². The van der Waals surface area contributed by atoms with Gasteiger partial charge < -0.3 is 5.11 Å². The summed E-state index contributed by atoms with van der Waals surface area (Å²) >= 11 is 0. The molecule has 0 aliphatic rings. The zero-order valence-electron chi connectivity index (χ0n) is 10.2. The van der Waals surface area contributed by atoms with Gasteiger partial charge in [-0.15, -0.1) is 0 Å². The van der Waals surface area contributed by atoms with Crippen molar-refractivity contribution in [3.05, 3.63) is 60.2 Å². The summed E-state index contributed by atoms with van der Waals surface area (Å²) in [5.41, 5.74) is 3.03. The fraction of sp³-hybridized carbons (Fsp3) is 0.188. The number of rotatable bonds is 3. The minimum absolute atomic E-state index is 0.396. The Morgan fingerprint density at radius 2 is 1.50 bits per heavy atom. The van der Waals surface area contributed by atoms with E-state index in [-0.39, 0.29) is 0 Å². The molecule has 0 aromatic heterocycles. The van der Waals surface area contributed by atoms with Crippen LogP contribution >= 0.6 is 0 Å². The van der Waals surface area contributed by atoms with Crippen LogP contribution in [0.4, 0.5) is 0 Å². The van der Waals surface area contributed by atoms with Crippen LogP contribution in [-0.2, 0) is 0 Å². The summed E-state index contributed by atoms with van der Waals surface area (Å²) < 4.78 is 0. The quantitative estimate of drug-likeness (QED) is 0.887. The predicted molar refractivity (Wildman–Crippen MR) is 71.6 cm³/mol. The van der Waals surface area contributed by atoms with E-state index in [2.05, 4.69) is 6.07 Å². The van der Waals surface area contributed by atoms with Crippen molar-refractivity contribution in [2.75, 3.05) is 0 Å². The van der Waals surface area contributed by atoms with Gasteiger partial charge in [0, 0.05) is 0 Å². The average molecular weight is 237 g/mol. The molecule has 0 heterocycles. The van der Waals surface area contributed by atoms with Gasteiger partial charge in [0.25, 0.3) is 0 Å². The first-order chi connectivity index (χ1) is 8.72. The highest BCUT2D eigenvalue weighted by Gasteiger charge is 2.15. The number of hydrogen-bond acceptors (Lipinski definition) is 2. The van der Waals surface area contributed by atoms with Crippen molar-refractivity contribution in [1.29, 1.82) is 5.26 Å². The maximum Gasteiger partial charge on any atom is 0.0945 e. The highest BCUT2D eigenvalue weighted by atomic mass is 16.3. The molecule has 2 unspecified atom stereocenters. The van der Waals surface area contributed by atoms with Crippen molar-refractivity contribution < 1.29 is 5.11 Å². The second kappa shape index (κ2) is 5.48. The van der Waals surface area contributed by atoms with E-state index in [4.69, 9.17) is 5.26 Å². The first-order valence-electron chi connectivity index (χ1n) is 5.95. The van der Waals surface area contributed by atoms with Crippen molar-refractivity contribution in [1.82, 2.24) is 0 Å². The molecule has 2 aromatic carbocycles. The Hall–Kier alpha value is -2.11. The molecule has 2 nitrogen and oxygen atoms in total. The third-order valence-corrected chi connectivity index (χ3v) is 3.04. The summed E-state index contributed by atoms with van der Waals surface area (Å²) in [6.07, 6.45) is -0.722. The van der Waals surface area contributed by atoms with Crippen molar-refractivity contribution in [2.45, 2.75) is 13.0 Å². The van der Waals surface area contributed by atoms with Crippen LogP contribution in [-0.4, -0.2) is 5.11 Å². The Kier molecular flexibility index (Phi) is 3.76. The van der Waals surface area contributed by atoms with E-state index in [9.17, 15) is 5.11 Å². The van der Waals surface area contributed by atoms with Gasteiger partial charge >= 0.3 is 0 Å². The molecular weight excluding hydrogens is 222 g/mol. The topological polar surface area (TPSA) is 44.0 Å². The van der Waals surface area contributed by atoms with Crippen molar-refractivity contribution in [3.63, 3.8) is 0 Å². The van der Waals surface area contributed by atoms with Gasteiger partial charge in [-0.3, -0.25) is 0 Å². The Balaban J connectivity index is 2.24. The molecule has 0 bridgehead atoms. The smallest absolute Gasteiger partial charge is 0.0945 e. The molecule has 0 aliphatic carbocycles. The molecule has 18 heavy (non-hydrogen) atoms. The van der Waals surface area contributed by atoms with Crippen LogP contribution in [0, 0.1) is 17.2 Å². The summed E-state index contributed by atoms with van der Waals surface area (Å²) in [5.74, 6) is -0.396. The molecule has 0 fully saturated rings. The molecule has 0 spiro atoms. The highest BCUT2D eigenvalue weighted by molar-refractivity contribution is 5.63. The second-order valence-corrected chi connectivity index (χ2v) is 4.35. The van der Waals surface area contributed by atoms with Gasteiger partial charge in [0.1, 0.15) is 0 Å². The molecule has 0 amide bonds. The van der Waals surface area contributed by atoms with Gasteiger partial charge in [-0.25, -0.2) is 0 Å². The van der Waals surface area contributed by atoms with Gasteiger partial charge in [-0.05, 0) is 23.6 Å². The highest BCUT2D eigenvalue weighted by Crippen LogP contribution is 2.25. The van der Waals surface area contributed by atoms with Crippen LogP contribution in [0.25, 0.3) is 11.1 Å². The number of nitrogens with zero attached hydrogens (tertiary/aromatic N) is 1. The second-order valence-electron chi connectivity index (χ2n) is 4.35. The summed E-state index contributed by atoms with van der Waals surface area (Å²) in [6, 6.07) is 19.8. The lowest BCUT2D eigenvalue weighted by Gasteiger charge is -2.13. The van der Waals surface area contributed by atoms with E-state index in [1.165, 1.54) is 0 Å². The zero-order chi connectivity index (χ0) is 13.0. The third kappa shape index (κ3) is 2.58. The van der Waals surface area contributed by atoms with E-state index in [1.807, 2.05) is 54.6 Å². The van der Waals surface area contributed by atoms with Crippen LogP contribution < -0.4 is 0 Å².